The number of hydrogen-bond acceptors (Lipinski definition) is 2. The highest BCUT2D eigenvalue weighted by Gasteiger charge is 2.12. The van der Waals surface area contributed by atoms with E-state index in [1.54, 1.807) is 11.3 Å². The summed E-state index contributed by atoms with van der Waals surface area (Å²) in [5.74, 6) is 0. The molecule has 0 radical (unpaired) electrons. The van der Waals surface area contributed by atoms with Crippen LogP contribution in [0.2, 0.25) is 0 Å². The van der Waals surface area contributed by atoms with Gasteiger partial charge in [-0.15, -0.1) is 11.3 Å². The van der Waals surface area contributed by atoms with E-state index in [4.69, 9.17) is 4.98 Å². The molecule has 0 aliphatic rings. The molecule has 0 aliphatic heterocycles. The van der Waals surface area contributed by atoms with E-state index in [0.29, 0.717) is 0 Å². The van der Waals surface area contributed by atoms with Crippen LogP contribution in [0.5, 0.6) is 0 Å². The highest BCUT2D eigenvalue weighted by Crippen LogP contribution is 2.36. The molecule has 0 unspecified atom stereocenters. The summed E-state index contributed by atoms with van der Waals surface area (Å²) in [6.07, 6.45) is 0. The number of nitrogens with zero attached hydrogens (tertiary/aromatic N) is 1. The zero-order chi connectivity index (χ0) is 14.4. The average Bonchev–Trinajstić information content (AvgIpc) is 2.96. The molecule has 0 amide bonds. The summed E-state index contributed by atoms with van der Waals surface area (Å²) in [6.45, 7) is 4.30. The number of rotatable bonds is 1. The summed E-state index contributed by atoms with van der Waals surface area (Å²) in [4.78, 5) is 4.95. The van der Waals surface area contributed by atoms with E-state index in [1.165, 1.54) is 32.2 Å². The number of aromatic nitrogens is 1. The molecule has 21 heavy (non-hydrogen) atoms. The van der Waals surface area contributed by atoms with E-state index in [2.05, 4.69) is 67.8 Å². The van der Waals surface area contributed by atoms with Crippen LogP contribution in [0.15, 0.2) is 53.9 Å². The molecule has 0 fully saturated rings. The van der Waals surface area contributed by atoms with E-state index in [9.17, 15) is 0 Å². The van der Waals surface area contributed by atoms with Crippen molar-refractivity contribution >= 4 is 32.3 Å². The standard InChI is InChI=1S/C19H15NS/c1-12-7-8-14(13(2)11-12)18-19-16(9-10-21-19)15-5-3-4-6-17(15)20-18/h3-11H,1-2H3. The first-order chi connectivity index (χ1) is 10.2. The lowest BCUT2D eigenvalue weighted by molar-refractivity contribution is 1.35. The van der Waals surface area contributed by atoms with Crippen molar-refractivity contribution < 1.29 is 0 Å². The molecule has 102 valence electrons. The number of fused-ring (bicyclic) bond motifs is 3. The highest BCUT2D eigenvalue weighted by molar-refractivity contribution is 7.17. The van der Waals surface area contributed by atoms with Crippen LogP contribution in [-0.4, -0.2) is 4.98 Å². The fraction of sp³-hybridized carbons (Fsp3) is 0.105. The van der Waals surface area contributed by atoms with Crippen molar-refractivity contribution in [3.63, 3.8) is 0 Å². The minimum absolute atomic E-state index is 1.07. The topological polar surface area (TPSA) is 12.9 Å². The van der Waals surface area contributed by atoms with Gasteiger partial charge in [0, 0.05) is 16.3 Å². The summed E-state index contributed by atoms with van der Waals surface area (Å²) in [5.41, 5.74) is 5.99. The predicted octanol–water partition coefficient (Wildman–Crippen LogP) is 5.73. The Morgan fingerprint density at radius 3 is 2.62 bits per heavy atom. The Hall–Kier alpha value is -2.19. The lowest BCUT2D eigenvalue weighted by Crippen LogP contribution is -1.90. The van der Waals surface area contributed by atoms with Crippen LogP contribution in [0.25, 0.3) is 32.2 Å². The van der Waals surface area contributed by atoms with Crippen LogP contribution in [0.3, 0.4) is 0 Å². The Morgan fingerprint density at radius 1 is 0.905 bits per heavy atom. The van der Waals surface area contributed by atoms with Gasteiger partial charge in [0.1, 0.15) is 0 Å². The Labute approximate surface area is 127 Å². The largest absolute Gasteiger partial charge is 0.246 e. The van der Waals surface area contributed by atoms with Crippen molar-refractivity contribution in [3.8, 4) is 11.3 Å². The molecule has 2 heterocycles. The van der Waals surface area contributed by atoms with E-state index < -0.39 is 0 Å². The number of para-hydroxylation sites is 1. The zero-order valence-corrected chi connectivity index (χ0v) is 12.9. The maximum Gasteiger partial charge on any atom is 0.0890 e. The normalized spacial score (nSPS) is 11.3. The summed E-state index contributed by atoms with van der Waals surface area (Å²) in [6, 6.07) is 17.2. The van der Waals surface area contributed by atoms with Crippen LogP contribution < -0.4 is 0 Å². The molecule has 4 aromatic rings. The van der Waals surface area contributed by atoms with Crippen molar-refractivity contribution in [1.82, 2.24) is 4.98 Å². The van der Waals surface area contributed by atoms with E-state index in [-0.39, 0.29) is 0 Å². The Bertz CT molecular complexity index is 966. The van der Waals surface area contributed by atoms with Gasteiger partial charge in [0.15, 0.2) is 0 Å². The lowest BCUT2D eigenvalue weighted by Gasteiger charge is -2.10. The van der Waals surface area contributed by atoms with Gasteiger partial charge in [-0.25, -0.2) is 4.98 Å². The van der Waals surface area contributed by atoms with E-state index in [0.717, 1.165) is 11.2 Å². The number of hydrogen-bond donors (Lipinski definition) is 0. The van der Waals surface area contributed by atoms with Crippen LogP contribution in [0, 0.1) is 13.8 Å². The van der Waals surface area contributed by atoms with Gasteiger partial charge in [0.05, 0.1) is 15.9 Å². The minimum Gasteiger partial charge on any atom is -0.246 e. The van der Waals surface area contributed by atoms with Crippen LogP contribution in [0.1, 0.15) is 11.1 Å². The molecular formula is C19H15NS. The molecular weight excluding hydrogens is 274 g/mol. The van der Waals surface area contributed by atoms with Gasteiger partial charge in [0.2, 0.25) is 0 Å². The van der Waals surface area contributed by atoms with Gasteiger partial charge < -0.3 is 0 Å². The second-order valence-corrected chi connectivity index (χ2v) is 6.38. The van der Waals surface area contributed by atoms with Gasteiger partial charge in [-0.2, -0.15) is 0 Å². The SMILES string of the molecule is Cc1ccc(-c2nc3ccccc3c3ccsc23)c(C)c1. The molecule has 0 spiro atoms. The van der Waals surface area contributed by atoms with Gasteiger partial charge in [-0.1, -0.05) is 42.0 Å². The Morgan fingerprint density at radius 2 is 1.76 bits per heavy atom. The monoisotopic (exact) mass is 289 g/mol. The molecule has 2 aromatic carbocycles. The second kappa shape index (κ2) is 4.68. The van der Waals surface area contributed by atoms with Crippen LogP contribution in [0.4, 0.5) is 0 Å². The second-order valence-electron chi connectivity index (χ2n) is 5.46. The van der Waals surface area contributed by atoms with E-state index >= 15 is 0 Å². The van der Waals surface area contributed by atoms with Crippen molar-refractivity contribution in [2.75, 3.05) is 0 Å². The Balaban J connectivity index is 2.13. The smallest absolute Gasteiger partial charge is 0.0890 e. The maximum atomic E-state index is 4.95. The fourth-order valence-corrected chi connectivity index (χ4v) is 3.85. The van der Waals surface area contributed by atoms with Crippen LogP contribution >= 0.6 is 11.3 Å². The van der Waals surface area contributed by atoms with Crippen molar-refractivity contribution in [3.05, 3.63) is 65.0 Å². The quantitative estimate of drug-likeness (QED) is 0.436. The van der Waals surface area contributed by atoms with E-state index in [1.807, 2.05) is 0 Å². The molecule has 0 atom stereocenters. The number of pyridine rings is 1. The molecule has 0 N–H and O–H groups in total. The molecule has 0 bridgehead atoms. The number of thiophene rings is 1. The van der Waals surface area contributed by atoms with Crippen molar-refractivity contribution in [1.29, 1.82) is 0 Å². The van der Waals surface area contributed by atoms with Gasteiger partial charge >= 0.3 is 0 Å². The lowest BCUT2D eigenvalue weighted by atomic mass is 10.0. The third kappa shape index (κ3) is 1.95. The molecule has 4 rings (SSSR count). The third-order valence-corrected chi connectivity index (χ3v) is 4.86. The molecule has 0 aliphatic carbocycles. The third-order valence-electron chi connectivity index (χ3n) is 3.94. The molecule has 2 aromatic heterocycles. The Kier molecular flexibility index (Phi) is 2.79. The molecule has 0 saturated carbocycles. The summed E-state index contributed by atoms with van der Waals surface area (Å²) in [5, 5.41) is 4.70. The first-order valence-electron chi connectivity index (χ1n) is 7.07. The maximum absolute atomic E-state index is 4.95. The zero-order valence-electron chi connectivity index (χ0n) is 12.1. The van der Waals surface area contributed by atoms with Gasteiger partial charge in [-0.3, -0.25) is 0 Å². The average molecular weight is 289 g/mol. The molecule has 1 nitrogen and oxygen atoms in total. The number of benzene rings is 2. The highest BCUT2D eigenvalue weighted by atomic mass is 32.1. The first-order valence-corrected chi connectivity index (χ1v) is 7.95. The molecule has 0 saturated heterocycles. The first kappa shape index (κ1) is 12.5. The van der Waals surface area contributed by atoms with Crippen molar-refractivity contribution in [2.45, 2.75) is 13.8 Å². The van der Waals surface area contributed by atoms with Crippen molar-refractivity contribution in [2.24, 2.45) is 0 Å². The molecule has 2 heteroatoms. The summed E-state index contributed by atoms with van der Waals surface area (Å²) < 4.78 is 1.28. The summed E-state index contributed by atoms with van der Waals surface area (Å²) >= 11 is 1.77. The summed E-state index contributed by atoms with van der Waals surface area (Å²) in [7, 11) is 0. The van der Waals surface area contributed by atoms with Gasteiger partial charge in [-0.05, 0) is 36.9 Å². The predicted molar refractivity (Wildman–Crippen MR) is 92.0 cm³/mol. The number of aryl methyl sites for hydroxylation is 2. The van der Waals surface area contributed by atoms with Gasteiger partial charge in [0.25, 0.3) is 0 Å². The fourth-order valence-electron chi connectivity index (χ4n) is 2.94. The minimum atomic E-state index is 1.07. The van der Waals surface area contributed by atoms with Crippen LogP contribution in [-0.2, 0) is 0 Å².